The van der Waals surface area contributed by atoms with Gasteiger partial charge >= 0.3 is 0 Å². The predicted octanol–water partition coefficient (Wildman–Crippen LogP) is 4.59. The summed E-state index contributed by atoms with van der Waals surface area (Å²) in [6.07, 6.45) is 2.92. The number of hydrogen-bond donors (Lipinski definition) is 0. The molecule has 0 amide bonds. The lowest BCUT2D eigenvalue weighted by atomic mass is 10.0. The molecule has 0 saturated heterocycles. The minimum Gasteiger partial charge on any atom is -0.299 e. The van der Waals surface area contributed by atoms with E-state index in [-0.39, 0.29) is 0 Å². The fourth-order valence-corrected chi connectivity index (χ4v) is 2.86. The zero-order valence-corrected chi connectivity index (χ0v) is 12.2. The summed E-state index contributed by atoms with van der Waals surface area (Å²) in [7, 11) is 0. The zero-order chi connectivity index (χ0) is 14.8. The van der Waals surface area contributed by atoms with Gasteiger partial charge in [-0.2, -0.15) is 0 Å². The Bertz CT molecular complexity index is 893. The molecule has 2 heterocycles. The molecule has 4 rings (SSSR count). The second-order valence-corrected chi connectivity index (χ2v) is 5.36. The molecule has 0 N–H and O–H groups in total. The van der Waals surface area contributed by atoms with Gasteiger partial charge in [-0.05, 0) is 17.7 Å². The molecule has 0 saturated carbocycles. The molecule has 0 bridgehead atoms. The third kappa shape index (κ3) is 2.29. The highest BCUT2D eigenvalue weighted by molar-refractivity contribution is 5.67. The highest BCUT2D eigenvalue weighted by Crippen LogP contribution is 2.26. The second-order valence-electron chi connectivity index (χ2n) is 5.36. The summed E-state index contributed by atoms with van der Waals surface area (Å²) in [5.41, 5.74) is 5.77. The first kappa shape index (κ1) is 12.8. The van der Waals surface area contributed by atoms with Gasteiger partial charge in [0.2, 0.25) is 0 Å². The lowest BCUT2D eigenvalue weighted by molar-refractivity contribution is 1.12. The van der Waals surface area contributed by atoms with E-state index in [4.69, 9.17) is 4.98 Å². The van der Waals surface area contributed by atoms with E-state index in [1.807, 2.05) is 24.3 Å². The molecule has 0 unspecified atom stereocenters. The van der Waals surface area contributed by atoms with Crippen LogP contribution in [-0.4, -0.2) is 9.38 Å². The van der Waals surface area contributed by atoms with Gasteiger partial charge in [0.25, 0.3) is 0 Å². The van der Waals surface area contributed by atoms with Crippen molar-refractivity contribution in [3.8, 4) is 11.3 Å². The van der Waals surface area contributed by atoms with Gasteiger partial charge in [-0.3, -0.25) is 4.40 Å². The number of rotatable bonds is 3. The Hall–Kier alpha value is -2.87. The average Bonchev–Trinajstić information content (AvgIpc) is 2.94. The van der Waals surface area contributed by atoms with Crippen LogP contribution in [0.3, 0.4) is 0 Å². The molecule has 2 aromatic heterocycles. The monoisotopic (exact) mass is 284 g/mol. The number of benzene rings is 2. The fraction of sp³-hybridized carbons (Fsp3) is 0.0500. The summed E-state index contributed by atoms with van der Waals surface area (Å²) in [5.74, 6) is 0. The van der Waals surface area contributed by atoms with Crippen molar-refractivity contribution in [3.05, 3.63) is 96.3 Å². The standard InChI is InChI=1S/C20H16N2/c1-3-9-16(10-4-1)15-18-20(17-11-5-2-6-12-17)22-14-8-7-13-19(22)21-18/h1-14H,15H2. The Morgan fingerprint density at radius 1 is 0.727 bits per heavy atom. The molecule has 22 heavy (non-hydrogen) atoms. The van der Waals surface area contributed by atoms with Crippen LogP contribution in [0.25, 0.3) is 16.9 Å². The third-order valence-corrected chi connectivity index (χ3v) is 3.86. The second kappa shape index (κ2) is 5.49. The molecule has 2 heteroatoms. The van der Waals surface area contributed by atoms with Crippen molar-refractivity contribution in [2.45, 2.75) is 6.42 Å². The van der Waals surface area contributed by atoms with Crippen LogP contribution < -0.4 is 0 Å². The summed E-state index contributed by atoms with van der Waals surface area (Å²) in [4.78, 5) is 4.85. The van der Waals surface area contributed by atoms with E-state index in [1.54, 1.807) is 0 Å². The van der Waals surface area contributed by atoms with E-state index in [1.165, 1.54) is 16.8 Å². The summed E-state index contributed by atoms with van der Waals surface area (Å²) in [5, 5.41) is 0. The first-order valence-electron chi connectivity index (χ1n) is 7.47. The number of nitrogens with zero attached hydrogens (tertiary/aromatic N) is 2. The summed E-state index contributed by atoms with van der Waals surface area (Å²) in [6, 6.07) is 27.1. The Kier molecular flexibility index (Phi) is 3.20. The van der Waals surface area contributed by atoms with Crippen LogP contribution in [0.15, 0.2) is 85.1 Å². The number of fused-ring (bicyclic) bond motifs is 1. The van der Waals surface area contributed by atoms with Crippen LogP contribution in [0.4, 0.5) is 0 Å². The molecule has 0 spiro atoms. The minimum absolute atomic E-state index is 0.840. The maximum atomic E-state index is 4.85. The van der Waals surface area contributed by atoms with Gasteiger partial charge in [-0.1, -0.05) is 66.7 Å². The first-order chi connectivity index (χ1) is 10.9. The van der Waals surface area contributed by atoms with Crippen molar-refractivity contribution < 1.29 is 0 Å². The van der Waals surface area contributed by atoms with E-state index in [0.717, 1.165) is 17.8 Å². The molecule has 2 nitrogen and oxygen atoms in total. The molecule has 0 radical (unpaired) electrons. The number of imidazole rings is 1. The molecule has 2 aromatic carbocycles. The maximum Gasteiger partial charge on any atom is 0.137 e. The predicted molar refractivity (Wildman–Crippen MR) is 89.9 cm³/mol. The average molecular weight is 284 g/mol. The zero-order valence-electron chi connectivity index (χ0n) is 12.2. The highest BCUT2D eigenvalue weighted by atomic mass is 15.0. The molecule has 0 atom stereocenters. The molecular weight excluding hydrogens is 268 g/mol. The maximum absolute atomic E-state index is 4.85. The van der Waals surface area contributed by atoms with Crippen molar-refractivity contribution in [1.29, 1.82) is 0 Å². The Morgan fingerprint density at radius 3 is 2.18 bits per heavy atom. The highest BCUT2D eigenvalue weighted by Gasteiger charge is 2.13. The summed E-state index contributed by atoms with van der Waals surface area (Å²) >= 11 is 0. The summed E-state index contributed by atoms with van der Waals surface area (Å²) < 4.78 is 2.17. The number of aromatic nitrogens is 2. The minimum atomic E-state index is 0.840. The first-order valence-corrected chi connectivity index (χ1v) is 7.47. The van der Waals surface area contributed by atoms with Crippen LogP contribution in [-0.2, 0) is 6.42 Å². The molecule has 4 aromatic rings. The van der Waals surface area contributed by atoms with E-state index in [9.17, 15) is 0 Å². The van der Waals surface area contributed by atoms with Crippen LogP contribution >= 0.6 is 0 Å². The smallest absolute Gasteiger partial charge is 0.137 e. The number of pyridine rings is 1. The Balaban J connectivity index is 1.90. The lowest BCUT2D eigenvalue weighted by Crippen LogP contribution is -1.93. The van der Waals surface area contributed by atoms with Gasteiger partial charge in [-0.15, -0.1) is 0 Å². The SMILES string of the molecule is c1ccc(Cc2nc3ccccn3c2-c2ccccc2)cc1. The van der Waals surface area contributed by atoms with Crippen molar-refractivity contribution >= 4 is 5.65 Å². The van der Waals surface area contributed by atoms with E-state index in [0.29, 0.717) is 0 Å². The summed E-state index contributed by atoms with van der Waals surface area (Å²) in [6.45, 7) is 0. The number of hydrogen-bond acceptors (Lipinski definition) is 1. The van der Waals surface area contributed by atoms with E-state index >= 15 is 0 Å². The van der Waals surface area contributed by atoms with Crippen LogP contribution in [0.2, 0.25) is 0 Å². The van der Waals surface area contributed by atoms with Crippen molar-refractivity contribution in [2.75, 3.05) is 0 Å². The lowest BCUT2D eigenvalue weighted by Gasteiger charge is -2.05. The van der Waals surface area contributed by atoms with Crippen LogP contribution in [0, 0.1) is 0 Å². The van der Waals surface area contributed by atoms with Gasteiger partial charge in [0.15, 0.2) is 0 Å². The Morgan fingerprint density at radius 2 is 1.41 bits per heavy atom. The fourth-order valence-electron chi connectivity index (χ4n) is 2.86. The van der Waals surface area contributed by atoms with Gasteiger partial charge < -0.3 is 0 Å². The van der Waals surface area contributed by atoms with Crippen molar-refractivity contribution in [3.63, 3.8) is 0 Å². The van der Waals surface area contributed by atoms with Crippen molar-refractivity contribution in [2.24, 2.45) is 0 Å². The van der Waals surface area contributed by atoms with Gasteiger partial charge in [0, 0.05) is 18.2 Å². The van der Waals surface area contributed by atoms with Crippen LogP contribution in [0.1, 0.15) is 11.3 Å². The molecule has 0 aliphatic carbocycles. The van der Waals surface area contributed by atoms with Crippen LogP contribution in [0.5, 0.6) is 0 Å². The topological polar surface area (TPSA) is 17.3 Å². The molecular formula is C20H16N2. The van der Waals surface area contributed by atoms with Gasteiger partial charge in [0.05, 0.1) is 11.4 Å². The van der Waals surface area contributed by atoms with Crippen molar-refractivity contribution in [1.82, 2.24) is 9.38 Å². The normalized spacial score (nSPS) is 10.9. The third-order valence-electron chi connectivity index (χ3n) is 3.86. The molecule has 106 valence electrons. The quantitative estimate of drug-likeness (QED) is 0.538. The Labute approximate surface area is 129 Å². The largest absolute Gasteiger partial charge is 0.299 e. The van der Waals surface area contributed by atoms with E-state index < -0.39 is 0 Å². The van der Waals surface area contributed by atoms with E-state index in [2.05, 4.69) is 65.2 Å². The van der Waals surface area contributed by atoms with Gasteiger partial charge in [-0.25, -0.2) is 4.98 Å². The molecule has 0 aliphatic heterocycles. The molecule has 0 fully saturated rings. The van der Waals surface area contributed by atoms with Gasteiger partial charge in [0.1, 0.15) is 5.65 Å². The molecule has 0 aliphatic rings.